The molecule has 2 aromatic carbocycles. The van der Waals surface area contributed by atoms with Gasteiger partial charge in [0, 0.05) is 37.7 Å². The minimum atomic E-state index is -0.123. The summed E-state index contributed by atoms with van der Waals surface area (Å²) in [6, 6.07) is 19.5. The van der Waals surface area contributed by atoms with E-state index in [0.29, 0.717) is 19.7 Å². The van der Waals surface area contributed by atoms with Crippen LogP contribution in [0.2, 0.25) is 0 Å². The monoisotopic (exact) mass is 378 g/mol. The molecule has 6 heteroatoms. The molecule has 3 aromatic rings. The molecule has 0 aliphatic carbocycles. The maximum atomic E-state index is 12.4. The van der Waals surface area contributed by atoms with E-state index in [-0.39, 0.29) is 6.03 Å². The SMILES string of the molecule is CN(CCCc1ccccc1)C(=O)Nc1cccc(OCCn2cccn2)c1. The van der Waals surface area contributed by atoms with E-state index in [1.165, 1.54) is 5.56 Å². The van der Waals surface area contributed by atoms with Crippen LogP contribution in [-0.4, -0.2) is 40.9 Å². The largest absolute Gasteiger partial charge is 0.492 e. The van der Waals surface area contributed by atoms with Gasteiger partial charge in [-0.25, -0.2) is 4.79 Å². The van der Waals surface area contributed by atoms with Crippen molar-refractivity contribution in [1.29, 1.82) is 0 Å². The van der Waals surface area contributed by atoms with Crippen LogP contribution >= 0.6 is 0 Å². The highest BCUT2D eigenvalue weighted by atomic mass is 16.5. The third-order valence-corrected chi connectivity index (χ3v) is 4.38. The molecule has 1 heterocycles. The first-order valence-corrected chi connectivity index (χ1v) is 9.47. The highest BCUT2D eigenvalue weighted by Crippen LogP contribution is 2.18. The van der Waals surface area contributed by atoms with Crippen LogP contribution in [0.5, 0.6) is 5.75 Å². The van der Waals surface area contributed by atoms with E-state index in [2.05, 4.69) is 22.5 Å². The summed E-state index contributed by atoms with van der Waals surface area (Å²) >= 11 is 0. The lowest BCUT2D eigenvalue weighted by molar-refractivity contribution is 0.222. The van der Waals surface area contributed by atoms with Crippen LogP contribution in [0, 0.1) is 0 Å². The molecule has 3 rings (SSSR count). The zero-order valence-corrected chi connectivity index (χ0v) is 16.1. The minimum Gasteiger partial charge on any atom is -0.492 e. The Hall–Kier alpha value is -3.28. The predicted octanol–water partition coefficient (Wildman–Crippen LogP) is 4.06. The molecule has 28 heavy (non-hydrogen) atoms. The van der Waals surface area contributed by atoms with Crippen molar-refractivity contribution in [3.63, 3.8) is 0 Å². The molecule has 146 valence electrons. The quantitative estimate of drug-likeness (QED) is 0.611. The van der Waals surface area contributed by atoms with Crippen molar-refractivity contribution in [2.24, 2.45) is 0 Å². The predicted molar refractivity (Wildman–Crippen MR) is 111 cm³/mol. The fourth-order valence-electron chi connectivity index (χ4n) is 2.84. The Bertz CT molecular complexity index is 850. The van der Waals surface area contributed by atoms with Crippen molar-refractivity contribution < 1.29 is 9.53 Å². The average molecular weight is 378 g/mol. The third-order valence-electron chi connectivity index (χ3n) is 4.38. The molecule has 0 atom stereocenters. The number of anilines is 1. The number of carbonyl (C=O) groups is 1. The summed E-state index contributed by atoms with van der Waals surface area (Å²) in [5, 5.41) is 7.07. The van der Waals surface area contributed by atoms with Gasteiger partial charge < -0.3 is 15.0 Å². The number of nitrogens with one attached hydrogen (secondary N) is 1. The number of rotatable bonds is 9. The van der Waals surface area contributed by atoms with Gasteiger partial charge in [0.1, 0.15) is 12.4 Å². The smallest absolute Gasteiger partial charge is 0.321 e. The standard InChI is InChI=1S/C22H26N4O2/c1-25(14-6-10-19-8-3-2-4-9-19)22(27)24-20-11-5-12-21(18-20)28-17-16-26-15-7-13-23-26/h2-5,7-9,11-13,15,18H,6,10,14,16-17H2,1H3,(H,24,27). The Morgan fingerprint density at radius 2 is 2.00 bits per heavy atom. The first-order valence-electron chi connectivity index (χ1n) is 9.47. The Balaban J connectivity index is 1.42. The van der Waals surface area contributed by atoms with Gasteiger partial charge in [0.05, 0.1) is 6.54 Å². The second kappa shape index (κ2) is 10.2. The van der Waals surface area contributed by atoms with Crippen molar-refractivity contribution >= 4 is 11.7 Å². The van der Waals surface area contributed by atoms with Crippen LogP contribution in [0.1, 0.15) is 12.0 Å². The number of aromatic nitrogens is 2. The van der Waals surface area contributed by atoms with E-state index in [0.717, 1.165) is 24.3 Å². The zero-order chi connectivity index (χ0) is 19.6. The maximum Gasteiger partial charge on any atom is 0.321 e. The second-order valence-electron chi connectivity index (χ2n) is 6.59. The number of ether oxygens (including phenoxy) is 1. The summed E-state index contributed by atoms with van der Waals surface area (Å²) < 4.78 is 7.57. The Morgan fingerprint density at radius 1 is 1.14 bits per heavy atom. The lowest BCUT2D eigenvalue weighted by atomic mass is 10.1. The number of hydrogen-bond acceptors (Lipinski definition) is 3. The Kier molecular flexibility index (Phi) is 7.07. The van der Waals surface area contributed by atoms with Gasteiger partial charge in [-0.15, -0.1) is 0 Å². The number of carbonyl (C=O) groups excluding carboxylic acids is 1. The lowest BCUT2D eigenvalue weighted by Crippen LogP contribution is -2.32. The molecule has 2 amide bonds. The molecule has 0 aliphatic heterocycles. The van der Waals surface area contributed by atoms with Crippen LogP contribution in [0.4, 0.5) is 10.5 Å². The van der Waals surface area contributed by atoms with Crippen LogP contribution in [-0.2, 0) is 13.0 Å². The molecule has 1 N–H and O–H groups in total. The normalized spacial score (nSPS) is 10.5. The van der Waals surface area contributed by atoms with Gasteiger partial charge in [-0.05, 0) is 36.6 Å². The van der Waals surface area contributed by atoms with Crippen molar-refractivity contribution in [3.05, 3.63) is 78.6 Å². The number of aryl methyl sites for hydroxylation is 1. The van der Waals surface area contributed by atoms with E-state index in [1.54, 1.807) is 11.1 Å². The summed E-state index contributed by atoms with van der Waals surface area (Å²) in [5.74, 6) is 0.719. The average Bonchev–Trinajstić information content (AvgIpc) is 3.22. The summed E-state index contributed by atoms with van der Waals surface area (Å²) in [7, 11) is 1.81. The number of urea groups is 1. The molecule has 0 unspecified atom stereocenters. The fraction of sp³-hybridized carbons (Fsp3) is 0.273. The first-order chi connectivity index (χ1) is 13.7. The van der Waals surface area contributed by atoms with E-state index < -0.39 is 0 Å². The van der Waals surface area contributed by atoms with Gasteiger partial charge in [0.15, 0.2) is 0 Å². The van der Waals surface area contributed by atoms with Gasteiger partial charge in [0.2, 0.25) is 0 Å². The molecule has 0 fully saturated rings. The van der Waals surface area contributed by atoms with E-state index >= 15 is 0 Å². The maximum absolute atomic E-state index is 12.4. The van der Waals surface area contributed by atoms with Gasteiger partial charge in [-0.1, -0.05) is 36.4 Å². The molecular weight excluding hydrogens is 352 g/mol. The van der Waals surface area contributed by atoms with Crippen LogP contribution in [0.15, 0.2) is 73.1 Å². The first kappa shape index (κ1) is 19.5. The van der Waals surface area contributed by atoms with Gasteiger partial charge >= 0.3 is 6.03 Å². The summed E-state index contributed by atoms with van der Waals surface area (Å²) in [5.41, 5.74) is 2.01. The highest BCUT2D eigenvalue weighted by Gasteiger charge is 2.09. The molecule has 1 aromatic heterocycles. The van der Waals surface area contributed by atoms with Crippen molar-refractivity contribution in [3.8, 4) is 5.75 Å². The van der Waals surface area contributed by atoms with Crippen LogP contribution in [0.3, 0.4) is 0 Å². The fourth-order valence-corrected chi connectivity index (χ4v) is 2.84. The molecule has 6 nitrogen and oxygen atoms in total. The summed E-state index contributed by atoms with van der Waals surface area (Å²) in [6.07, 6.45) is 5.52. The van der Waals surface area contributed by atoms with Crippen LogP contribution < -0.4 is 10.1 Å². The number of benzene rings is 2. The highest BCUT2D eigenvalue weighted by molar-refractivity contribution is 5.89. The van der Waals surface area contributed by atoms with Crippen molar-refractivity contribution in [2.75, 3.05) is 25.5 Å². The number of nitrogens with zero attached hydrogens (tertiary/aromatic N) is 3. The minimum absolute atomic E-state index is 0.123. The molecule has 0 saturated carbocycles. The topological polar surface area (TPSA) is 59.4 Å². The van der Waals surface area contributed by atoms with E-state index in [4.69, 9.17) is 4.74 Å². The summed E-state index contributed by atoms with van der Waals surface area (Å²) in [6.45, 7) is 1.88. The Morgan fingerprint density at radius 3 is 2.79 bits per heavy atom. The van der Waals surface area contributed by atoms with Crippen molar-refractivity contribution in [1.82, 2.24) is 14.7 Å². The zero-order valence-electron chi connectivity index (χ0n) is 16.1. The third kappa shape index (κ3) is 6.16. The van der Waals surface area contributed by atoms with Crippen molar-refractivity contribution in [2.45, 2.75) is 19.4 Å². The second-order valence-corrected chi connectivity index (χ2v) is 6.59. The lowest BCUT2D eigenvalue weighted by Gasteiger charge is -2.18. The molecule has 0 spiro atoms. The number of amides is 2. The number of hydrogen-bond donors (Lipinski definition) is 1. The van der Waals surface area contributed by atoms with Crippen LogP contribution in [0.25, 0.3) is 0 Å². The molecule has 0 saturated heterocycles. The Labute approximate surface area is 165 Å². The van der Waals surface area contributed by atoms with Gasteiger partial charge in [-0.3, -0.25) is 4.68 Å². The molecular formula is C22H26N4O2. The van der Waals surface area contributed by atoms with E-state index in [1.807, 2.05) is 66.5 Å². The van der Waals surface area contributed by atoms with E-state index in [9.17, 15) is 4.79 Å². The molecule has 0 radical (unpaired) electrons. The molecule has 0 aliphatic rings. The molecule has 0 bridgehead atoms. The summed E-state index contributed by atoms with van der Waals surface area (Å²) in [4.78, 5) is 14.1. The van der Waals surface area contributed by atoms with Gasteiger partial charge in [-0.2, -0.15) is 5.10 Å². The van der Waals surface area contributed by atoms with Gasteiger partial charge in [0.25, 0.3) is 0 Å².